The molecular weight excluding hydrogens is 516 g/mol. The van der Waals surface area contributed by atoms with Gasteiger partial charge in [0.15, 0.2) is 6.04 Å². The second-order valence-electron chi connectivity index (χ2n) is 8.79. The topological polar surface area (TPSA) is 140 Å². The molecule has 2 amide bonds. The summed E-state index contributed by atoms with van der Waals surface area (Å²) in [5.74, 6) is -2.19. The van der Waals surface area contributed by atoms with Crippen LogP contribution in [0, 0.1) is 0 Å². The third kappa shape index (κ3) is 10.6. The van der Waals surface area contributed by atoms with Crippen LogP contribution in [0.25, 0.3) is 0 Å². The highest BCUT2D eigenvalue weighted by atomic mass is 16.6. The highest BCUT2D eigenvalue weighted by Gasteiger charge is 2.26. The number of hydrogen-bond acceptors (Lipinski definition) is 8. The fraction of sp³-hybridized carbons (Fsp3) is 0.267. The molecule has 2 atom stereocenters. The molecule has 0 saturated carbocycles. The zero-order valence-corrected chi connectivity index (χ0v) is 21.9. The predicted molar refractivity (Wildman–Crippen MR) is 144 cm³/mol. The van der Waals surface area contributed by atoms with Crippen LogP contribution in [0.15, 0.2) is 91.0 Å². The molecule has 3 N–H and O–H groups in total. The number of amides is 2. The Morgan fingerprint density at radius 3 is 1.48 bits per heavy atom. The van der Waals surface area contributed by atoms with Crippen LogP contribution in [-0.2, 0) is 48.4 Å². The minimum atomic E-state index is -1.29. The molecule has 0 fully saturated rings. The fourth-order valence-electron chi connectivity index (χ4n) is 3.54. The van der Waals surface area contributed by atoms with Gasteiger partial charge in [0.25, 0.3) is 0 Å². The molecule has 0 radical (unpaired) electrons. The van der Waals surface area contributed by atoms with E-state index in [2.05, 4.69) is 10.6 Å². The minimum Gasteiger partial charge on any atom is -0.459 e. The Balaban J connectivity index is 1.53. The quantitative estimate of drug-likeness (QED) is 0.206. The van der Waals surface area contributed by atoms with Gasteiger partial charge in [0.2, 0.25) is 5.91 Å². The van der Waals surface area contributed by atoms with Crippen LogP contribution in [0.4, 0.5) is 4.79 Å². The molecule has 3 aromatic rings. The first-order valence-electron chi connectivity index (χ1n) is 12.7. The molecule has 0 bridgehead atoms. The van der Waals surface area contributed by atoms with Gasteiger partial charge in [0, 0.05) is 6.42 Å². The van der Waals surface area contributed by atoms with E-state index in [9.17, 15) is 24.3 Å². The first kappa shape index (κ1) is 29.9. The maximum absolute atomic E-state index is 12.8. The summed E-state index contributed by atoms with van der Waals surface area (Å²) in [7, 11) is 0. The van der Waals surface area contributed by atoms with Gasteiger partial charge in [-0.25, -0.2) is 14.4 Å². The van der Waals surface area contributed by atoms with E-state index in [1.807, 2.05) is 18.2 Å². The predicted octanol–water partition coefficient (Wildman–Crippen LogP) is 3.03. The summed E-state index contributed by atoms with van der Waals surface area (Å²) in [6, 6.07) is 24.5. The molecular formula is C30H32N2O8. The van der Waals surface area contributed by atoms with Crippen LogP contribution < -0.4 is 10.6 Å². The van der Waals surface area contributed by atoms with E-state index in [1.165, 1.54) is 0 Å². The number of esters is 2. The average molecular weight is 549 g/mol. The van der Waals surface area contributed by atoms with Gasteiger partial charge in [0.1, 0.15) is 25.9 Å². The van der Waals surface area contributed by atoms with Crippen molar-refractivity contribution in [2.45, 2.75) is 44.7 Å². The monoisotopic (exact) mass is 548 g/mol. The van der Waals surface area contributed by atoms with Crippen LogP contribution in [0.3, 0.4) is 0 Å². The lowest BCUT2D eigenvalue weighted by atomic mass is 10.1. The van der Waals surface area contributed by atoms with Crippen LogP contribution in [-0.4, -0.2) is 47.7 Å². The third-order valence-electron chi connectivity index (χ3n) is 5.70. The van der Waals surface area contributed by atoms with Crippen LogP contribution >= 0.6 is 0 Å². The van der Waals surface area contributed by atoms with E-state index < -0.39 is 42.6 Å². The largest absolute Gasteiger partial charge is 0.459 e. The number of hydrogen-bond donors (Lipinski definition) is 3. The summed E-state index contributed by atoms with van der Waals surface area (Å²) in [4.78, 5) is 50.1. The molecule has 0 aromatic heterocycles. The average Bonchev–Trinajstić information content (AvgIpc) is 3.00. The number of aliphatic hydroxyl groups is 1. The van der Waals surface area contributed by atoms with Crippen molar-refractivity contribution in [3.63, 3.8) is 0 Å². The number of alkyl carbamates (subject to hydrolysis) is 1. The summed E-state index contributed by atoms with van der Waals surface area (Å²) >= 11 is 0. The Hall–Kier alpha value is -4.70. The lowest BCUT2D eigenvalue weighted by Gasteiger charge is -2.19. The molecule has 10 heteroatoms. The van der Waals surface area contributed by atoms with Crippen molar-refractivity contribution in [3.8, 4) is 0 Å². The van der Waals surface area contributed by atoms with Gasteiger partial charge in [-0.2, -0.15) is 0 Å². The van der Waals surface area contributed by atoms with Crippen LogP contribution in [0.1, 0.15) is 29.5 Å². The summed E-state index contributed by atoms with van der Waals surface area (Å²) in [6.07, 6.45) is -1.26. The Morgan fingerprint density at radius 1 is 0.600 bits per heavy atom. The zero-order valence-electron chi connectivity index (χ0n) is 21.9. The second kappa shape index (κ2) is 16.3. The van der Waals surface area contributed by atoms with Gasteiger partial charge in [-0.05, 0) is 23.1 Å². The normalized spacial score (nSPS) is 11.9. The molecule has 0 unspecified atom stereocenters. The van der Waals surface area contributed by atoms with E-state index in [4.69, 9.17) is 14.2 Å². The minimum absolute atomic E-state index is 0.0117. The van der Waals surface area contributed by atoms with Crippen molar-refractivity contribution in [1.82, 2.24) is 10.6 Å². The smallest absolute Gasteiger partial charge is 0.408 e. The lowest BCUT2D eigenvalue weighted by Crippen LogP contribution is -2.46. The highest BCUT2D eigenvalue weighted by molar-refractivity contribution is 5.86. The van der Waals surface area contributed by atoms with Crippen molar-refractivity contribution >= 4 is 23.9 Å². The van der Waals surface area contributed by atoms with Gasteiger partial charge >= 0.3 is 18.0 Å². The third-order valence-corrected chi connectivity index (χ3v) is 5.70. The number of carbonyl (C=O) groups excluding carboxylic acids is 4. The summed E-state index contributed by atoms with van der Waals surface area (Å²) < 4.78 is 15.7. The lowest BCUT2D eigenvalue weighted by molar-refractivity contribution is -0.151. The van der Waals surface area contributed by atoms with Crippen LogP contribution in [0.2, 0.25) is 0 Å². The Morgan fingerprint density at radius 2 is 1.02 bits per heavy atom. The molecule has 40 heavy (non-hydrogen) atoms. The molecule has 210 valence electrons. The van der Waals surface area contributed by atoms with Crippen molar-refractivity contribution in [2.75, 3.05) is 6.61 Å². The first-order valence-corrected chi connectivity index (χ1v) is 12.7. The molecule has 10 nitrogen and oxygen atoms in total. The first-order chi connectivity index (χ1) is 19.4. The van der Waals surface area contributed by atoms with E-state index in [0.29, 0.717) is 0 Å². The molecule has 0 aliphatic heterocycles. The van der Waals surface area contributed by atoms with E-state index in [-0.39, 0.29) is 32.7 Å². The Kier molecular flexibility index (Phi) is 12.2. The Bertz CT molecular complexity index is 1220. The van der Waals surface area contributed by atoms with Crippen LogP contribution in [0.5, 0.6) is 0 Å². The standard InChI is InChI=1S/C30H32N2O8/c33-18-26(29(36)39-20-23-12-6-2-7-13-23)31-27(34)17-16-25(28(35)38-19-22-10-4-1-5-11-22)32-30(37)40-21-24-14-8-3-9-15-24/h1-15,25-26,33H,16-21H2,(H,31,34)(H,32,37)/t25-,26-/m0/s1. The van der Waals surface area contributed by atoms with Gasteiger partial charge in [-0.15, -0.1) is 0 Å². The highest BCUT2D eigenvalue weighted by Crippen LogP contribution is 2.08. The van der Waals surface area contributed by atoms with Crippen molar-refractivity contribution in [3.05, 3.63) is 108 Å². The molecule has 0 aliphatic carbocycles. The second-order valence-corrected chi connectivity index (χ2v) is 8.79. The van der Waals surface area contributed by atoms with Gasteiger partial charge < -0.3 is 30.0 Å². The number of benzene rings is 3. The van der Waals surface area contributed by atoms with Gasteiger partial charge in [0.05, 0.1) is 6.61 Å². The molecule has 3 rings (SSSR count). The maximum atomic E-state index is 12.8. The number of ether oxygens (including phenoxy) is 3. The fourth-order valence-corrected chi connectivity index (χ4v) is 3.54. The van der Waals surface area contributed by atoms with Crippen molar-refractivity contribution in [1.29, 1.82) is 0 Å². The van der Waals surface area contributed by atoms with Gasteiger partial charge in [-0.1, -0.05) is 91.0 Å². The Labute approximate surface area is 232 Å². The number of carbonyl (C=O) groups is 4. The maximum Gasteiger partial charge on any atom is 0.408 e. The van der Waals surface area contributed by atoms with E-state index >= 15 is 0 Å². The van der Waals surface area contributed by atoms with E-state index in [1.54, 1.807) is 72.8 Å². The molecule has 0 heterocycles. The molecule has 0 spiro atoms. The summed E-state index contributed by atoms with van der Waals surface area (Å²) in [5, 5.41) is 14.4. The van der Waals surface area contributed by atoms with E-state index in [0.717, 1.165) is 16.7 Å². The summed E-state index contributed by atoms with van der Waals surface area (Å²) in [6.45, 7) is -0.729. The van der Waals surface area contributed by atoms with Crippen molar-refractivity contribution < 1.29 is 38.5 Å². The summed E-state index contributed by atoms with van der Waals surface area (Å²) in [5.41, 5.74) is 2.26. The number of nitrogens with one attached hydrogen (secondary N) is 2. The molecule has 0 aliphatic rings. The SMILES string of the molecule is O=C(CC[C@H](NC(=O)OCc1ccccc1)C(=O)OCc1ccccc1)N[C@@H](CO)C(=O)OCc1ccccc1. The zero-order chi connectivity index (χ0) is 28.6. The van der Waals surface area contributed by atoms with Crippen molar-refractivity contribution in [2.24, 2.45) is 0 Å². The van der Waals surface area contributed by atoms with Gasteiger partial charge in [-0.3, -0.25) is 4.79 Å². The molecule has 3 aromatic carbocycles. The number of aliphatic hydroxyl groups excluding tert-OH is 1. The number of rotatable bonds is 14. The molecule has 0 saturated heterocycles.